The van der Waals surface area contributed by atoms with Crippen LogP contribution in [0, 0.1) is 12.7 Å². The van der Waals surface area contributed by atoms with Crippen molar-refractivity contribution in [3.8, 4) is 22.4 Å². The highest BCUT2D eigenvalue weighted by Gasteiger charge is 2.18. The van der Waals surface area contributed by atoms with E-state index < -0.39 is 0 Å². The van der Waals surface area contributed by atoms with Gasteiger partial charge in [-0.05, 0) is 43.2 Å². The molecule has 0 saturated carbocycles. The molecule has 0 unspecified atom stereocenters. The van der Waals surface area contributed by atoms with E-state index in [1.807, 2.05) is 0 Å². The van der Waals surface area contributed by atoms with Crippen molar-refractivity contribution in [2.45, 2.75) is 20.3 Å². The fourth-order valence-corrected chi connectivity index (χ4v) is 3.30. The molecule has 0 fully saturated rings. The lowest BCUT2D eigenvalue weighted by Gasteiger charge is -2.07. The fraction of sp³-hybridized carbons (Fsp3) is 0.143. The third kappa shape index (κ3) is 2.86. The maximum absolute atomic E-state index is 13.3. The molecule has 0 aliphatic carbocycles. The Morgan fingerprint density at radius 3 is 2.31 bits per heavy atom. The van der Waals surface area contributed by atoms with Gasteiger partial charge in [0.05, 0.1) is 11.4 Å². The average molecular weight is 366 g/mol. The fourth-order valence-electron chi connectivity index (χ4n) is 3.12. The van der Waals surface area contributed by atoms with Crippen LogP contribution in [0.5, 0.6) is 0 Å². The molecule has 0 N–H and O–H groups in total. The lowest BCUT2D eigenvalue weighted by molar-refractivity contribution is 0.628. The molecular weight excluding hydrogens is 349 g/mol. The van der Waals surface area contributed by atoms with Crippen LogP contribution in [0.4, 0.5) is 4.39 Å². The highest BCUT2D eigenvalue weighted by molar-refractivity contribution is 6.29. The predicted octanol–water partition coefficient (Wildman–Crippen LogP) is 5.73. The SMILES string of the molecule is CCc1nn2c(-c3ccc(F)cc3)cc(Cl)nc2c1-c1ccc(C)cc1. The Morgan fingerprint density at radius 1 is 1.00 bits per heavy atom. The number of benzene rings is 2. The molecule has 2 aromatic carbocycles. The van der Waals surface area contributed by atoms with Crippen LogP contribution in [0.3, 0.4) is 0 Å². The zero-order valence-corrected chi connectivity index (χ0v) is 15.3. The molecule has 130 valence electrons. The second-order valence-electron chi connectivity index (χ2n) is 6.25. The Hall–Kier alpha value is -2.72. The molecule has 0 saturated heterocycles. The molecular formula is C21H17ClFN3. The van der Waals surface area contributed by atoms with E-state index in [0.717, 1.165) is 34.5 Å². The van der Waals surface area contributed by atoms with Gasteiger partial charge in [-0.2, -0.15) is 5.10 Å². The normalized spacial score (nSPS) is 11.2. The third-order valence-corrected chi connectivity index (χ3v) is 4.64. The molecule has 0 radical (unpaired) electrons. The lowest BCUT2D eigenvalue weighted by atomic mass is 10.0. The molecule has 0 spiro atoms. The first-order valence-electron chi connectivity index (χ1n) is 8.48. The van der Waals surface area contributed by atoms with Gasteiger partial charge in [0.1, 0.15) is 11.0 Å². The zero-order chi connectivity index (χ0) is 18.3. The molecule has 0 amide bonds. The number of fused-ring (bicyclic) bond motifs is 1. The van der Waals surface area contributed by atoms with Crippen LogP contribution in [-0.4, -0.2) is 14.6 Å². The van der Waals surface area contributed by atoms with Gasteiger partial charge in [-0.15, -0.1) is 0 Å². The van der Waals surface area contributed by atoms with Gasteiger partial charge in [0.15, 0.2) is 5.65 Å². The van der Waals surface area contributed by atoms with E-state index in [9.17, 15) is 4.39 Å². The maximum atomic E-state index is 13.3. The number of hydrogen-bond acceptors (Lipinski definition) is 2. The molecule has 0 atom stereocenters. The van der Waals surface area contributed by atoms with Gasteiger partial charge in [-0.3, -0.25) is 0 Å². The number of aryl methyl sites for hydroxylation is 2. The van der Waals surface area contributed by atoms with E-state index in [4.69, 9.17) is 16.7 Å². The summed E-state index contributed by atoms with van der Waals surface area (Å²) in [5, 5.41) is 5.15. The minimum absolute atomic E-state index is 0.278. The minimum Gasteiger partial charge on any atom is -0.216 e. The standard InChI is InChI=1S/C21H17ClFN3/c1-3-17-20(15-6-4-13(2)5-7-15)21-24-19(22)12-18(26(21)25-17)14-8-10-16(23)11-9-14/h4-12H,3H2,1-2H3. The second-order valence-corrected chi connectivity index (χ2v) is 6.63. The van der Waals surface area contributed by atoms with Gasteiger partial charge < -0.3 is 0 Å². The molecule has 0 bridgehead atoms. The lowest BCUT2D eigenvalue weighted by Crippen LogP contribution is -1.97. The van der Waals surface area contributed by atoms with Crippen LogP contribution >= 0.6 is 11.6 Å². The number of nitrogens with zero attached hydrogens (tertiary/aromatic N) is 3. The van der Waals surface area contributed by atoms with Crippen LogP contribution < -0.4 is 0 Å². The van der Waals surface area contributed by atoms with Crippen LogP contribution in [0.1, 0.15) is 18.2 Å². The van der Waals surface area contributed by atoms with E-state index >= 15 is 0 Å². The largest absolute Gasteiger partial charge is 0.216 e. The average Bonchev–Trinajstić information content (AvgIpc) is 3.01. The number of hydrogen-bond donors (Lipinski definition) is 0. The smallest absolute Gasteiger partial charge is 0.165 e. The van der Waals surface area contributed by atoms with Crippen molar-refractivity contribution < 1.29 is 4.39 Å². The summed E-state index contributed by atoms with van der Waals surface area (Å²) in [6.45, 7) is 4.13. The van der Waals surface area contributed by atoms with Gasteiger partial charge in [-0.25, -0.2) is 13.9 Å². The third-order valence-electron chi connectivity index (χ3n) is 4.45. The Balaban J connectivity index is 2.02. The Bertz CT molecular complexity index is 1080. The second kappa shape index (κ2) is 6.54. The maximum Gasteiger partial charge on any atom is 0.165 e. The van der Waals surface area contributed by atoms with Crippen molar-refractivity contribution >= 4 is 17.2 Å². The summed E-state index contributed by atoms with van der Waals surface area (Å²) in [6, 6.07) is 16.4. The zero-order valence-electron chi connectivity index (χ0n) is 14.5. The molecule has 4 aromatic rings. The highest BCUT2D eigenvalue weighted by Crippen LogP contribution is 2.32. The van der Waals surface area contributed by atoms with Crippen molar-refractivity contribution in [1.29, 1.82) is 0 Å². The molecule has 4 rings (SSSR count). The summed E-state index contributed by atoms with van der Waals surface area (Å²) in [5.41, 5.74) is 6.51. The summed E-state index contributed by atoms with van der Waals surface area (Å²) < 4.78 is 15.1. The summed E-state index contributed by atoms with van der Waals surface area (Å²) >= 11 is 6.32. The Labute approximate surface area is 156 Å². The van der Waals surface area contributed by atoms with Crippen LogP contribution in [-0.2, 0) is 6.42 Å². The Kier molecular flexibility index (Phi) is 4.21. The van der Waals surface area contributed by atoms with Gasteiger partial charge in [0, 0.05) is 17.2 Å². The first kappa shape index (κ1) is 16.7. The monoisotopic (exact) mass is 365 g/mol. The van der Waals surface area contributed by atoms with Crippen molar-refractivity contribution in [3.05, 3.63) is 76.8 Å². The predicted molar refractivity (Wildman–Crippen MR) is 103 cm³/mol. The van der Waals surface area contributed by atoms with E-state index in [2.05, 4.69) is 43.1 Å². The summed E-state index contributed by atoms with van der Waals surface area (Å²) in [5.74, 6) is -0.278. The van der Waals surface area contributed by atoms with Crippen molar-refractivity contribution in [2.75, 3.05) is 0 Å². The first-order chi connectivity index (χ1) is 12.6. The minimum atomic E-state index is -0.278. The van der Waals surface area contributed by atoms with E-state index in [1.54, 1.807) is 22.7 Å². The number of aromatic nitrogens is 3. The molecule has 26 heavy (non-hydrogen) atoms. The molecule has 0 aliphatic heterocycles. The van der Waals surface area contributed by atoms with E-state index in [1.165, 1.54) is 17.7 Å². The summed E-state index contributed by atoms with van der Waals surface area (Å²) in [4.78, 5) is 4.54. The van der Waals surface area contributed by atoms with Crippen molar-refractivity contribution in [1.82, 2.24) is 14.6 Å². The van der Waals surface area contributed by atoms with E-state index in [0.29, 0.717) is 10.8 Å². The Morgan fingerprint density at radius 2 is 1.65 bits per heavy atom. The van der Waals surface area contributed by atoms with Crippen LogP contribution in [0.2, 0.25) is 5.15 Å². The van der Waals surface area contributed by atoms with Gasteiger partial charge in [-0.1, -0.05) is 48.4 Å². The van der Waals surface area contributed by atoms with Crippen LogP contribution in [0.15, 0.2) is 54.6 Å². The molecule has 5 heteroatoms. The van der Waals surface area contributed by atoms with Crippen LogP contribution in [0.25, 0.3) is 28.0 Å². The molecule has 0 aliphatic rings. The molecule has 2 heterocycles. The summed E-state index contributed by atoms with van der Waals surface area (Å²) in [6.07, 6.45) is 0.771. The molecule has 3 nitrogen and oxygen atoms in total. The molecule has 2 aromatic heterocycles. The quantitative estimate of drug-likeness (QED) is 0.434. The van der Waals surface area contributed by atoms with E-state index in [-0.39, 0.29) is 5.82 Å². The first-order valence-corrected chi connectivity index (χ1v) is 8.85. The number of rotatable bonds is 3. The van der Waals surface area contributed by atoms with Gasteiger partial charge in [0.25, 0.3) is 0 Å². The van der Waals surface area contributed by atoms with Gasteiger partial charge in [0.2, 0.25) is 0 Å². The topological polar surface area (TPSA) is 30.2 Å². The van der Waals surface area contributed by atoms with Crippen molar-refractivity contribution in [3.63, 3.8) is 0 Å². The summed E-state index contributed by atoms with van der Waals surface area (Å²) in [7, 11) is 0. The van der Waals surface area contributed by atoms with Crippen molar-refractivity contribution in [2.24, 2.45) is 0 Å². The number of halogens is 2. The van der Waals surface area contributed by atoms with Gasteiger partial charge >= 0.3 is 0 Å². The highest BCUT2D eigenvalue weighted by atomic mass is 35.5.